The quantitative estimate of drug-likeness (QED) is 0.351. The molecule has 0 spiro atoms. The number of hydrogen-bond donors (Lipinski definition) is 2. The van der Waals surface area contributed by atoms with Crippen molar-refractivity contribution in [2.24, 2.45) is 4.99 Å². The van der Waals surface area contributed by atoms with E-state index in [1.54, 1.807) is 19.2 Å². The summed E-state index contributed by atoms with van der Waals surface area (Å²) in [5, 5.41) is 6.91. The SMILES string of the molecule is CN=C(NCc1ccc(F)c(Cl)c1)NC1CCN(Cc2ccccc2)CC1.I. The number of hydrogen-bond acceptors (Lipinski definition) is 2. The third-order valence-corrected chi connectivity index (χ3v) is 5.13. The fourth-order valence-electron chi connectivity index (χ4n) is 3.30. The molecule has 3 rings (SSSR count). The maximum atomic E-state index is 13.2. The largest absolute Gasteiger partial charge is 0.354 e. The number of likely N-dealkylation sites (tertiary alicyclic amines) is 1. The summed E-state index contributed by atoms with van der Waals surface area (Å²) in [5.74, 6) is 0.363. The molecule has 1 aliphatic heterocycles. The minimum Gasteiger partial charge on any atom is -0.354 e. The van der Waals surface area contributed by atoms with E-state index in [4.69, 9.17) is 11.6 Å². The molecule has 0 saturated carbocycles. The Labute approximate surface area is 188 Å². The molecule has 1 heterocycles. The first-order valence-electron chi connectivity index (χ1n) is 9.31. The van der Waals surface area contributed by atoms with Crippen LogP contribution in [0.3, 0.4) is 0 Å². The van der Waals surface area contributed by atoms with Gasteiger partial charge >= 0.3 is 0 Å². The lowest BCUT2D eigenvalue weighted by Gasteiger charge is -2.33. The molecule has 2 aromatic rings. The van der Waals surface area contributed by atoms with Crippen LogP contribution in [0.1, 0.15) is 24.0 Å². The zero-order valence-corrected chi connectivity index (χ0v) is 19.1. The summed E-state index contributed by atoms with van der Waals surface area (Å²) < 4.78 is 13.2. The van der Waals surface area contributed by atoms with E-state index < -0.39 is 5.82 Å². The van der Waals surface area contributed by atoms with E-state index in [1.165, 1.54) is 11.6 Å². The van der Waals surface area contributed by atoms with E-state index in [-0.39, 0.29) is 29.0 Å². The highest BCUT2D eigenvalue weighted by Gasteiger charge is 2.20. The van der Waals surface area contributed by atoms with Crippen LogP contribution in [0.2, 0.25) is 5.02 Å². The van der Waals surface area contributed by atoms with Gasteiger partial charge in [0.25, 0.3) is 0 Å². The summed E-state index contributed by atoms with van der Waals surface area (Å²) in [6.07, 6.45) is 2.16. The number of guanidine groups is 1. The smallest absolute Gasteiger partial charge is 0.191 e. The van der Waals surface area contributed by atoms with Crippen molar-refractivity contribution in [3.05, 3.63) is 70.5 Å². The molecule has 0 aromatic heterocycles. The van der Waals surface area contributed by atoms with Gasteiger partial charge < -0.3 is 10.6 Å². The van der Waals surface area contributed by atoms with E-state index in [0.29, 0.717) is 12.6 Å². The van der Waals surface area contributed by atoms with Crippen molar-refractivity contribution < 1.29 is 4.39 Å². The fourth-order valence-corrected chi connectivity index (χ4v) is 3.50. The molecule has 28 heavy (non-hydrogen) atoms. The number of benzene rings is 2. The van der Waals surface area contributed by atoms with Gasteiger partial charge in [0.1, 0.15) is 5.82 Å². The van der Waals surface area contributed by atoms with E-state index >= 15 is 0 Å². The van der Waals surface area contributed by atoms with E-state index in [0.717, 1.165) is 44.0 Å². The van der Waals surface area contributed by atoms with Gasteiger partial charge in [0.15, 0.2) is 5.96 Å². The molecule has 1 aliphatic rings. The van der Waals surface area contributed by atoms with Crippen LogP contribution in [0.15, 0.2) is 53.5 Å². The summed E-state index contributed by atoms with van der Waals surface area (Å²) in [5.41, 5.74) is 2.28. The van der Waals surface area contributed by atoms with Crippen LogP contribution in [-0.2, 0) is 13.1 Å². The van der Waals surface area contributed by atoms with Gasteiger partial charge in [-0.25, -0.2) is 4.39 Å². The molecule has 0 amide bonds. The molecule has 7 heteroatoms. The summed E-state index contributed by atoms with van der Waals surface area (Å²) in [4.78, 5) is 6.79. The van der Waals surface area contributed by atoms with Gasteiger partial charge in [0.2, 0.25) is 0 Å². The van der Waals surface area contributed by atoms with E-state index in [2.05, 4.69) is 50.9 Å². The monoisotopic (exact) mass is 516 g/mol. The number of halogens is 3. The van der Waals surface area contributed by atoms with Gasteiger partial charge in [0.05, 0.1) is 5.02 Å². The van der Waals surface area contributed by atoms with Crippen molar-refractivity contribution in [1.29, 1.82) is 0 Å². The average Bonchev–Trinajstić information content (AvgIpc) is 2.70. The van der Waals surface area contributed by atoms with Gasteiger partial charge in [0, 0.05) is 39.3 Å². The number of aliphatic imine (C=N–C) groups is 1. The van der Waals surface area contributed by atoms with Crippen LogP contribution in [0, 0.1) is 5.82 Å². The molecule has 152 valence electrons. The number of piperidine rings is 1. The molecule has 0 radical (unpaired) electrons. The lowest BCUT2D eigenvalue weighted by atomic mass is 10.0. The number of rotatable bonds is 5. The van der Waals surface area contributed by atoms with Gasteiger partial charge in [-0.3, -0.25) is 9.89 Å². The highest BCUT2D eigenvalue weighted by atomic mass is 127. The molecule has 2 aromatic carbocycles. The second-order valence-corrected chi connectivity index (χ2v) is 7.26. The van der Waals surface area contributed by atoms with Crippen molar-refractivity contribution in [2.45, 2.75) is 32.0 Å². The van der Waals surface area contributed by atoms with Gasteiger partial charge in [-0.05, 0) is 36.1 Å². The van der Waals surface area contributed by atoms with Crippen molar-refractivity contribution in [1.82, 2.24) is 15.5 Å². The zero-order chi connectivity index (χ0) is 19.1. The minimum absolute atomic E-state index is 0. The standard InChI is InChI=1S/C21H26ClFN4.HI/c1-24-21(25-14-17-7-8-20(23)19(22)13-17)26-18-9-11-27(12-10-18)15-16-5-3-2-4-6-16;/h2-8,13,18H,9-12,14-15H2,1H3,(H2,24,25,26);1H. The maximum absolute atomic E-state index is 13.2. The summed E-state index contributed by atoms with van der Waals surface area (Å²) in [6.45, 7) is 3.69. The van der Waals surface area contributed by atoms with Crippen molar-refractivity contribution >= 4 is 41.5 Å². The Morgan fingerprint density at radius 2 is 1.86 bits per heavy atom. The fraction of sp³-hybridized carbons (Fsp3) is 0.381. The molecule has 0 bridgehead atoms. The Hall–Kier alpha value is -1.38. The highest BCUT2D eigenvalue weighted by Crippen LogP contribution is 2.16. The van der Waals surface area contributed by atoms with Crippen LogP contribution in [0.5, 0.6) is 0 Å². The predicted octanol–water partition coefficient (Wildman–Crippen LogP) is 4.43. The molecule has 2 N–H and O–H groups in total. The van der Waals surface area contributed by atoms with Crippen LogP contribution in [0.4, 0.5) is 4.39 Å². The Morgan fingerprint density at radius 3 is 2.50 bits per heavy atom. The lowest BCUT2D eigenvalue weighted by Crippen LogP contribution is -2.48. The molecular weight excluding hydrogens is 490 g/mol. The molecule has 0 aliphatic carbocycles. The Bertz CT molecular complexity index is 764. The van der Waals surface area contributed by atoms with E-state index in [9.17, 15) is 4.39 Å². The van der Waals surface area contributed by atoms with Crippen molar-refractivity contribution in [3.63, 3.8) is 0 Å². The Kier molecular flexibility index (Phi) is 9.47. The molecule has 0 unspecified atom stereocenters. The first kappa shape index (κ1) is 22.9. The molecule has 4 nitrogen and oxygen atoms in total. The van der Waals surface area contributed by atoms with Crippen molar-refractivity contribution in [3.8, 4) is 0 Å². The van der Waals surface area contributed by atoms with Gasteiger partial charge in [-0.2, -0.15) is 0 Å². The summed E-state index contributed by atoms with van der Waals surface area (Å²) in [7, 11) is 1.76. The Balaban J connectivity index is 0.00000280. The topological polar surface area (TPSA) is 39.7 Å². The first-order valence-corrected chi connectivity index (χ1v) is 9.69. The molecule has 0 atom stereocenters. The van der Waals surface area contributed by atoms with Gasteiger partial charge in [-0.15, -0.1) is 24.0 Å². The minimum atomic E-state index is -0.398. The third-order valence-electron chi connectivity index (χ3n) is 4.85. The normalized spacial score (nSPS) is 15.8. The third kappa shape index (κ3) is 6.90. The lowest BCUT2D eigenvalue weighted by molar-refractivity contribution is 0.198. The second-order valence-electron chi connectivity index (χ2n) is 6.85. The molecule has 1 saturated heterocycles. The summed E-state index contributed by atoms with van der Waals surface area (Å²) >= 11 is 5.84. The van der Waals surface area contributed by atoms with Crippen molar-refractivity contribution in [2.75, 3.05) is 20.1 Å². The first-order chi connectivity index (χ1) is 13.1. The van der Waals surface area contributed by atoms with E-state index in [1.807, 2.05) is 0 Å². The number of nitrogens with one attached hydrogen (secondary N) is 2. The number of nitrogens with zero attached hydrogens (tertiary/aromatic N) is 2. The van der Waals surface area contributed by atoms with Gasteiger partial charge in [-0.1, -0.05) is 48.0 Å². The van der Waals surface area contributed by atoms with Crippen LogP contribution < -0.4 is 10.6 Å². The predicted molar refractivity (Wildman–Crippen MR) is 125 cm³/mol. The van der Waals surface area contributed by atoms with Crippen LogP contribution in [-0.4, -0.2) is 37.0 Å². The Morgan fingerprint density at radius 1 is 1.14 bits per heavy atom. The summed E-state index contributed by atoms with van der Waals surface area (Å²) in [6, 6.07) is 15.7. The van der Waals surface area contributed by atoms with Crippen LogP contribution >= 0.6 is 35.6 Å². The average molecular weight is 517 g/mol. The van der Waals surface area contributed by atoms with Crippen LogP contribution in [0.25, 0.3) is 0 Å². The molecular formula is C21H27ClFIN4. The molecule has 1 fully saturated rings. The highest BCUT2D eigenvalue weighted by molar-refractivity contribution is 14.0. The zero-order valence-electron chi connectivity index (χ0n) is 16.0. The second kappa shape index (κ2) is 11.6. The maximum Gasteiger partial charge on any atom is 0.191 e.